The quantitative estimate of drug-likeness (QED) is 0.391. The van der Waals surface area contributed by atoms with E-state index >= 15 is 0 Å². The highest BCUT2D eigenvalue weighted by molar-refractivity contribution is 6.04. The van der Waals surface area contributed by atoms with Gasteiger partial charge >= 0.3 is 5.97 Å². The number of ketones is 1. The largest absolute Gasteiger partial charge is 0.447 e. The second-order valence-electron chi connectivity index (χ2n) is 11.0. The molecule has 2 fully saturated rings. The third-order valence-corrected chi connectivity index (χ3v) is 8.42. The van der Waals surface area contributed by atoms with Crippen LogP contribution in [0, 0.1) is 29.1 Å². The fourth-order valence-electron chi connectivity index (χ4n) is 6.11. The molecule has 0 amide bonds. The van der Waals surface area contributed by atoms with Gasteiger partial charge in [0.1, 0.15) is 0 Å². The predicted molar refractivity (Wildman–Crippen MR) is 131 cm³/mol. The molecule has 0 aliphatic heterocycles. The lowest BCUT2D eigenvalue weighted by Gasteiger charge is -2.37. The van der Waals surface area contributed by atoms with Gasteiger partial charge in [0.15, 0.2) is 5.60 Å². The molecule has 2 N–H and O–H groups in total. The summed E-state index contributed by atoms with van der Waals surface area (Å²) in [6.45, 7) is 9.80. The summed E-state index contributed by atoms with van der Waals surface area (Å²) in [7, 11) is 0. The first-order valence-corrected chi connectivity index (χ1v) is 12.2. The maximum atomic E-state index is 14.0. The van der Waals surface area contributed by atoms with Gasteiger partial charge in [-0.3, -0.25) is 4.79 Å². The SMILES string of the molecule is CC1=C[C@@H]2[C@H](CC=C(C)[C@H](O)[C@H]3[C@@H](O)[C@@H](C)C[C@]3(OC(=O)C=Cc3ccccc3)C1=O)C2(C)C. The van der Waals surface area contributed by atoms with E-state index in [4.69, 9.17) is 4.74 Å². The van der Waals surface area contributed by atoms with E-state index in [1.165, 1.54) is 6.08 Å². The lowest BCUT2D eigenvalue weighted by Crippen LogP contribution is -2.53. The van der Waals surface area contributed by atoms with Gasteiger partial charge in [0.25, 0.3) is 0 Å². The van der Waals surface area contributed by atoms with Gasteiger partial charge in [-0.2, -0.15) is 0 Å². The lowest BCUT2D eigenvalue weighted by atomic mass is 9.77. The monoisotopic (exact) mass is 464 g/mol. The van der Waals surface area contributed by atoms with Gasteiger partial charge < -0.3 is 14.9 Å². The van der Waals surface area contributed by atoms with Crippen LogP contribution in [0.15, 0.2) is 59.7 Å². The molecule has 0 aromatic heterocycles. The van der Waals surface area contributed by atoms with Crippen LogP contribution >= 0.6 is 0 Å². The minimum Gasteiger partial charge on any atom is -0.447 e. The topological polar surface area (TPSA) is 83.8 Å². The van der Waals surface area contributed by atoms with Gasteiger partial charge in [0.2, 0.25) is 5.78 Å². The molecule has 0 unspecified atom stereocenters. The van der Waals surface area contributed by atoms with E-state index in [0.29, 0.717) is 17.1 Å². The number of rotatable bonds is 3. The molecule has 182 valence electrons. The fourth-order valence-corrected chi connectivity index (χ4v) is 6.11. The summed E-state index contributed by atoms with van der Waals surface area (Å²) in [6, 6.07) is 9.36. The Morgan fingerprint density at radius 3 is 2.50 bits per heavy atom. The smallest absolute Gasteiger partial charge is 0.331 e. The predicted octanol–water partition coefficient (Wildman–Crippen LogP) is 4.50. The van der Waals surface area contributed by atoms with Gasteiger partial charge in [-0.15, -0.1) is 0 Å². The Hall–Kier alpha value is -2.50. The number of aliphatic hydroxyl groups excluding tert-OH is 2. The molecule has 0 spiro atoms. The molecule has 5 nitrogen and oxygen atoms in total. The molecule has 0 bridgehead atoms. The third-order valence-electron chi connectivity index (χ3n) is 8.42. The van der Waals surface area contributed by atoms with Gasteiger partial charge in [-0.05, 0) is 66.2 Å². The Labute approximate surface area is 202 Å². The zero-order valence-electron chi connectivity index (χ0n) is 20.7. The highest BCUT2D eigenvalue weighted by atomic mass is 16.6. The average molecular weight is 465 g/mol. The summed E-state index contributed by atoms with van der Waals surface area (Å²) < 4.78 is 5.98. The van der Waals surface area contributed by atoms with Gasteiger partial charge in [-0.25, -0.2) is 4.79 Å². The zero-order chi connectivity index (χ0) is 24.8. The van der Waals surface area contributed by atoms with Crippen molar-refractivity contribution in [1.82, 2.24) is 0 Å². The van der Waals surface area contributed by atoms with Crippen molar-refractivity contribution in [2.75, 3.05) is 0 Å². The van der Waals surface area contributed by atoms with Crippen LogP contribution in [0.1, 0.15) is 53.0 Å². The molecule has 0 saturated heterocycles. The number of esters is 1. The molecule has 7 atom stereocenters. The number of Topliss-reactive ketones (excluding diaryl/α,β-unsaturated/α-hetero) is 1. The molecule has 3 aliphatic rings. The standard InChI is InChI=1S/C29H36O5/c1-17-11-13-21-22(28(21,4)5)15-18(2)27(33)29(16-19(3)26(32)24(29)25(17)31)34-23(30)14-12-20-9-7-6-8-10-20/h6-12,14-15,19,21-22,24-26,31-32H,13,16H2,1-5H3/t19-,21-,22+,24-,25-,26-,29+/m0/s1. The molecular formula is C29H36O5. The molecule has 0 radical (unpaired) electrons. The van der Waals surface area contributed by atoms with Crippen molar-refractivity contribution in [2.45, 2.75) is 65.3 Å². The van der Waals surface area contributed by atoms with Crippen molar-refractivity contribution in [1.29, 1.82) is 0 Å². The molecular weight excluding hydrogens is 428 g/mol. The van der Waals surface area contributed by atoms with E-state index in [0.717, 1.165) is 12.0 Å². The maximum absolute atomic E-state index is 14.0. The molecule has 34 heavy (non-hydrogen) atoms. The Bertz CT molecular complexity index is 1050. The number of allylic oxidation sites excluding steroid dienone is 2. The molecule has 3 aliphatic carbocycles. The molecule has 2 saturated carbocycles. The van der Waals surface area contributed by atoms with Crippen LogP contribution in [0.25, 0.3) is 6.08 Å². The second-order valence-corrected chi connectivity index (χ2v) is 11.0. The van der Waals surface area contributed by atoms with Gasteiger partial charge in [-0.1, -0.05) is 63.3 Å². The Morgan fingerprint density at radius 2 is 1.82 bits per heavy atom. The van der Waals surface area contributed by atoms with Crippen LogP contribution in [-0.4, -0.2) is 39.8 Å². The average Bonchev–Trinajstić information content (AvgIpc) is 3.21. The highest BCUT2D eigenvalue weighted by Crippen LogP contribution is 2.62. The first-order chi connectivity index (χ1) is 16.0. The molecule has 5 heteroatoms. The van der Waals surface area contributed by atoms with E-state index in [1.807, 2.05) is 56.3 Å². The van der Waals surface area contributed by atoms with Crippen molar-refractivity contribution < 1.29 is 24.5 Å². The van der Waals surface area contributed by atoms with Crippen molar-refractivity contribution in [2.24, 2.45) is 29.1 Å². The van der Waals surface area contributed by atoms with Crippen molar-refractivity contribution >= 4 is 17.8 Å². The molecule has 4 rings (SSSR count). The number of aliphatic hydroxyl groups is 2. The molecule has 0 heterocycles. The van der Waals surface area contributed by atoms with E-state index in [1.54, 1.807) is 13.0 Å². The van der Waals surface area contributed by atoms with E-state index in [9.17, 15) is 19.8 Å². The van der Waals surface area contributed by atoms with Gasteiger partial charge in [0, 0.05) is 12.5 Å². The Morgan fingerprint density at radius 1 is 1.15 bits per heavy atom. The number of benzene rings is 1. The Kier molecular flexibility index (Phi) is 6.47. The van der Waals surface area contributed by atoms with E-state index < -0.39 is 29.7 Å². The van der Waals surface area contributed by atoms with Crippen LogP contribution in [0.3, 0.4) is 0 Å². The number of ether oxygens (including phenoxy) is 1. The minimum atomic E-state index is -1.63. The molecule has 1 aromatic rings. The van der Waals surface area contributed by atoms with E-state index in [2.05, 4.69) is 13.8 Å². The number of hydrogen-bond donors (Lipinski definition) is 2. The number of fused-ring (bicyclic) bond motifs is 2. The molecule has 1 aromatic carbocycles. The first kappa shape index (κ1) is 24.6. The van der Waals surface area contributed by atoms with E-state index in [-0.39, 0.29) is 29.5 Å². The summed E-state index contributed by atoms with van der Waals surface area (Å²) in [5.41, 5.74) is 0.488. The third kappa shape index (κ3) is 4.20. The summed E-state index contributed by atoms with van der Waals surface area (Å²) in [5, 5.41) is 22.5. The zero-order valence-corrected chi connectivity index (χ0v) is 20.7. The maximum Gasteiger partial charge on any atom is 0.331 e. The summed E-state index contributed by atoms with van der Waals surface area (Å²) >= 11 is 0. The Balaban J connectivity index is 1.75. The van der Waals surface area contributed by atoms with Crippen molar-refractivity contribution in [3.63, 3.8) is 0 Å². The number of carbonyl (C=O) groups is 2. The lowest BCUT2D eigenvalue weighted by molar-refractivity contribution is -0.172. The van der Waals surface area contributed by atoms with Crippen LogP contribution in [0.2, 0.25) is 0 Å². The number of hydrogen-bond acceptors (Lipinski definition) is 5. The first-order valence-electron chi connectivity index (χ1n) is 12.2. The summed E-state index contributed by atoms with van der Waals surface area (Å²) in [6.07, 6.45) is 5.86. The van der Waals surface area contributed by atoms with Gasteiger partial charge in [0.05, 0.1) is 18.1 Å². The minimum absolute atomic E-state index is 0.0621. The van der Waals surface area contributed by atoms with Crippen molar-refractivity contribution in [3.8, 4) is 0 Å². The number of carbonyl (C=O) groups excluding carboxylic acids is 2. The van der Waals surface area contributed by atoms with Crippen LogP contribution in [0.4, 0.5) is 0 Å². The normalized spacial score (nSPS) is 37.2. The van der Waals surface area contributed by atoms with Crippen LogP contribution in [0.5, 0.6) is 0 Å². The second kappa shape index (κ2) is 8.94. The summed E-state index contributed by atoms with van der Waals surface area (Å²) in [5.74, 6) is -1.62. The van der Waals surface area contributed by atoms with Crippen molar-refractivity contribution in [3.05, 3.63) is 65.3 Å². The van der Waals surface area contributed by atoms with Crippen LogP contribution in [-0.2, 0) is 14.3 Å². The fraction of sp³-hybridized carbons (Fsp3) is 0.517. The highest BCUT2D eigenvalue weighted by Gasteiger charge is 2.63. The van der Waals surface area contributed by atoms with Crippen LogP contribution < -0.4 is 0 Å². The summed E-state index contributed by atoms with van der Waals surface area (Å²) in [4.78, 5) is 27.0.